The fraction of sp³-hybridized carbons (Fsp3) is 0.588. The predicted octanol–water partition coefficient (Wildman–Crippen LogP) is 6.51. The second-order valence-corrected chi connectivity index (χ2v) is 6.40. The number of alkyl halides is 4. The molecular formula is C17H22F4OS. The van der Waals surface area contributed by atoms with E-state index in [4.69, 9.17) is 0 Å². The normalized spacial score (nSPS) is 13.3. The Hall–Kier alpha value is -1.17. The molecule has 1 rings (SSSR count). The van der Waals surface area contributed by atoms with E-state index < -0.39 is 18.8 Å². The molecule has 0 saturated carbocycles. The molecule has 0 aromatic carbocycles. The van der Waals surface area contributed by atoms with Crippen LogP contribution in [0.3, 0.4) is 0 Å². The summed E-state index contributed by atoms with van der Waals surface area (Å²) in [6.45, 7) is 3.78. The van der Waals surface area contributed by atoms with Gasteiger partial charge in [0.1, 0.15) is 0 Å². The van der Waals surface area contributed by atoms with Gasteiger partial charge in [-0.15, -0.1) is 11.3 Å². The molecule has 130 valence electrons. The third-order valence-corrected chi connectivity index (χ3v) is 4.45. The third kappa shape index (κ3) is 5.75. The first-order valence-electron chi connectivity index (χ1n) is 7.78. The van der Waals surface area contributed by atoms with Gasteiger partial charge in [0.05, 0.1) is 4.88 Å². The van der Waals surface area contributed by atoms with E-state index in [0.29, 0.717) is 41.7 Å². The zero-order valence-electron chi connectivity index (χ0n) is 13.4. The fourth-order valence-corrected chi connectivity index (χ4v) is 3.10. The van der Waals surface area contributed by atoms with E-state index in [1.807, 2.05) is 13.8 Å². The van der Waals surface area contributed by atoms with Crippen LogP contribution in [0, 0.1) is 0 Å². The minimum Gasteiger partial charge on any atom is -0.288 e. The number of thiophene rings is 1. The van der Waals surface area contributed by atoms with E-state index in [-0.39, 0.29) is 12.2 Å². The van der Waals surface area contributed by atoms with Crippen LogP contribution >= 0.6 is 11.3 Å². The smallest absolute Gasteiger partial charge is 0.288 e. The molecule has 0 radical (unpaired) electrons. The third-order valence-electron chi connectivity index (χ3n) is 3.58. The number of ketones is 1. The molecule has 1 aromatic rings. The van der Waals surface area contributed by atoms with Crippen LogP contribution in [-0.2, 0) is 0 Å². The average molecular weight is 350 g/mol. The van der Waals surface area contributed by atoms with E-state index >= 15 is 0 Å². The zero-order chi connectivity index (χ0) is 17.5. The molecule has 0 aliphatic carbocycles. The van der Waals surface area contributed by atoms with Gasteiger partial charge in [-0.3, -0.25) is 4.79 Å². The number of rotatable bonds is 10. The van der Waals surface area contributed by atoms with Gasteiger partial charge in [-0.1, -0.05) is 38.3 Å². The molecule has 0 spiro atoms. The van der Waals surface area contributed by atoms with Gasteiger partial charge < -0.3 is 0 Å². The monoisotopic (exact) mass is 350 g/mol. The summed E-state index contributed by atoms with van der Waals surface area (Å²) in [6.07, 6.45) is -2.43. The lowest BCUT2D eigenvalue weighted by Crippen LogP contribution is -2.26. The minimum atomic E-state index is -4.01. The summed E-state index contributed by atoms with van der Waals surface area (Å²) in [5.41, 5.74) is 1.11. The molecule has 0 amide bonds. The van der Waals surface area contributed by atoms with Gasteiger partial charge in [0.25, 0.3) is 0 Å². The molecule has 1 nitrogen and oxygen atoms in total. The molecule has 0 unspecified atom stereocenters. The standard InChI is InChI=1S/C17H22F4OS/c1-3-6-12(9-10-17(20,21)16(18)19)13(7-4-2)15(22)14-8-5-11-23-14/h5,8,11,16H,3-4,6-7,9-10H2,1-2H3/b13-12-. The highest BCUT2D eigenvalue weighted by atomic mass is 32.1. The van der Waals surface area contributed by atoms with Crippen molar-refractivity contribution in [1.29, 1.82) is 0 Å². The van der Waals surface area contributed by atoms with E-state index in [1.165, 1.54) is 11.3 Å². The second kappa shape index (κ2) is 9.21. The molecule has 6 heteroatoms. The summed E-state index contributed by atoms with van der Waals surface area (Å²) in [5.74, 6) is -4.17. The lowest BCUT2D eigenvalue weighted by molar-refractivity contribution is -0.132. The minimum absolute atomic E-state index is 0.161. The van der Waals surface area contributed by atoms with Crippen LogP contribution in [0.1, 0.15) is 62.0 Å². The molecule has 0 atom stereocenters. The highest BCUT2D eigenvalue weighted by molar-refractivity contribution is 7.12. The lowest BCUT2D eigenvalue weighted by atomic mass is 9.91. The van der Waals surface area contributed by atoms with Gasteiger partial charge in [0, 0.05) is 12.0 Å². The van der Waals surface area contributed by atoms with E-state index in [2.05, 4.69) is 0 Å². The number of hydrogen-bond acceptors (Lipinski definition) is 2. The van der Waals surface area contributed by atoms with E-state index in [0.717, 1.165) is 0 Å². The van der Waals surface area contributed by atoms with Crippen molar-refractivity contribution in [3.8, 4) is 0 Å². The van der Waals surface area contributed by atoms with Crippen molar-refractivity contribution >= 4 is 17.1 Å². The van der Waals surface area contributed by atoms with Crippen molar-refractivity contribution in [2.24, 2.45) is 0 Å². The molecule has 0 fully saturated rings. The van der Waals surface area contributed by atoms with Crippen LogP contribution in [0.5, 0.6) is 0 Å². The zero-order valence-corrected chi connectivity index (χ0v) is 14.2. The van der Waals surface area contributed by atoms with Gasteiger partial charge in [0.2, 0.25) is 0 Å². The summed E-state index contributed by atoms with van der Waals surface area (Å²) >= 11 is 1.30. The highest BCUT2D eigenvalue weighted by Gasteiger charge is 2.40. The van der Waals surface area contributed by atoms with Crippen molar-refractivity contribution in [3.63, 3.8) is 0 Å². The Bertz CT molecular complexity index is 521. The van der Waals surface area contributed by atoms with Crippen molar-refractivity contribution in [2.75, 3.05) is 0 Å². The number of hydrogen-bond donors (Lipinski definition) is 0. The summed E-state index contributed by atoms with van der Waals surface area (Å²) in [4.78, 5) is 13.1. The second-order valence-electron chi connectivity index (χ2n) is 5.45. The summed E-state index contributed by atoms with van der Waals surface area (Å²) < 4.78 is 51.1. The Labute approximate surface area is 138 Å². The van der Waals surface area contributed by atoms with Crippen molar-refractivity contribution in [2.45, 2.75) is 64.7 Å². The summed E-state index contributed by atoms with van der Waals surface area (Å²) in [6, 6.07) is 3.45. The highest BCUT2D eigenvalue weighted by Crippen LogP contribution is 2.33. The topological polar surface area (TPSA) is 17.1 Å². The molecule has 23 heavy (non-hydrogen) atoms. The maximum atomic E-state index is 13.2. The Balaban J connectivity index is 3.06. The SMILES string of the molecule is CCC/C(CCC(F)(F)C(F)F)=C(\CCC)C(=O)c1cccs1. The average Bonchev–Trinajstić information content (AvgIpc) is 3.03. The quantitative estimate of drug-likeness (QED) is 0.267. The van der Waals surface area contributed by atoms with Crippen LogP contribution in [0.15, 0.2) is 28.7 Å². The lowest BCUT2D eigenvalue weighted by Gasteiger charge is -2.18. The molecule has 1 heterocycles. The number of Topliss-reactive ketones (excluding diaryl/α,β-unsaturated/α-hetero) is 1. The number of halogens is 4. The Morgan fingerprint density at radius 1 is 1.17 bits per heavy atom. The first kappa shape index (κ1) is 19.9. The van der Waals surface area contributed by atoms with Crippen LogP contribution in [0.25, 0.3) is 0 Å². The first-order chi connectivity index (χ1) is 10.8. The number of carbonyl (C=O) groups excluding carboxylic acids is 1. The van der Waals surface area contributed by atoms with Crippen molar-refractivity contribution < 1.29 is 22.4 Å². The number of allylic oxidation sites excluding steroid dienone is 2. The molecule has 0 bridgehead atoms. The van der Waals surface area contributed by atoms with Crippen molar-refractivity contribution in [1.82, 2.24) is 0 Å². The van der Waals surface area contributed by atoms with Crippen molar-refractivity contribution in [3.05, 3.63) is 33.5 Å². The van der Waals surface area contributed by atoms with Gasteiger partial charge in [0.15, 0.2) is 5.78 Å². The molecule has 0 aliphatic heterocycles. The largest absolute Gasteiger partial charge is 0.307 e. The Morgan fingerprint density at radius 3 is 2.30 bits per heavy atom. The predicted molar refractivity (Wildman–Crippen MR) is 85.7 cm³/mol. The molecular weight excluding hydrogens is 328 g/mol. The van der Waals surface area contributed by atoms with Gasteiger partial charge in [-0.2, -0.15) is 0 Å². The van der Waals surface area contributed by atoms with Crippen LogP contribution in [0.4, 0.5) is 17.6 Å². The molecule has 0 saturated heterocycles. The molecule has 1 aromatic heterocycles. The van der Waals surface area contributed by atoms with E-state index in [9.17, 15) is 22.4 Å². The maximum Gasteiger partial charge on any atom is 0.307 e. The van der Waals surface area contributed by atoms with Gasteiger partial charge >= 0.3 is 12.3 Å². The Kier molecular flexibility index (Phi) is 7.95. The fourth-order valence-electron chi connectivity index (χ4n) is 2.41. The van der Waals surface area contributed by atoms with Gasteiger partial charge in [-0.25, -0.2) is 17.6 Å². The maximum absolute atomic E-state index is 13.2. The van der Waals surface area contributed by atoms with Crippen LogP contribution in [0.2, 0.25) is 0 Å². The first-order valence-corrected chi connectivity index (χ1v) is 8.66. The summed E-state index contributed by atoms with van der Waals surface area (Å²) in [7, 11) is 0. The van der Waals surface area contributed by atoms with Gasteiger partial charge in [-0.05, 0) is 30.7 Å². The van der Waals surface area contributed by atoms with E-state index in [1.54, 1.807) is 17.5 Å². The molecule has 0 aliphatic rings. The van der Waals surface area contributed by atoms with Crippen LogP contribution in [-0.4, -0.2) is 18.1 Å². The Morgan fingerprint density at radius 2 is 1.83 bits per heavy atom. The van der Waals surface area contributed by atoms with Crippen LogP contribution < -0.4 is 0 Å². The number of carbonyl (C=O) groups is 1. The molecule has 0 N–H and O–H groups in total. The summed E-state index contributed by atoms with van der Waals surface area (Å²) in [5, 5.41) is 1.78.